The number of hydrogen-bond acceptors (Lipinski definition) is 4. The van der Waals surface area contributed by atoms with Gasteiger partial charge in [-0.25, -0.2) is 4.79 Å². The van der Waals surface area contributed by atoms with E-state index in [1.54, 1.807) is 11.4 Å². The van der Waals surface area contributed by atoms with Gasteiger partial charge < -0.3 is 14.6 Å². The minimum atomic E-state index is -0.927. The molecule has 5 heteroatoms. The highest BCUT2D eigenvalue weighted by molar-refractivity contribution is 7.12. The van der Waals surface area contributed by atoms with Gasteiger partial charge in [-0.2, -0.15) is 0 Å². The number of carboxylic acids is 1. The summed E-state index contributed by atoms with van der Waals surface area (Å²) in [6.45, 7) is 1.05. The number of hydrogen-bond donors (Lipinski definition) is 1. The molecule has 2 rings (SSSR count). The Hall–Kier alpha value is -0.910. The minimum absolute atomic E-state index is 0.298. The summed E-state index contributed by atoms with van der Waals surface area (Å²) in [6.07, 6.45) is -0.489. The fourth-order valence-corrected chi connectivity index (χ4v) is 1.97. The number of aromatic carboxylic acids is 1. The fourth-order valence-electron chi connectivity index (χ4n) is 1.22. The topological polar surface area (TPSA) is 55.8 Å². The molecule has 13 heavy (non-hydrogen) atoms. The molecule has 1 N–H and O–H groups in total. The standard InChI is InChI=1S/C8H8O4S/c9-7(10)6-5(1-4-13-6)8-11-2-3-12-8/h1,4,8H,2-3H2,(H,9,10). The first kappa shape index (κ1) is 8.68. The van der Waals surface area contributed by atoms with Crippen LogP contribution in [0.15, 0.2) is 11.4 Å². The predicted octanol–water partition coefficient (Wildman–Crippen LogP) is 1.49. The third kappa shape index (κ3) is 1.58. The van der Waals surface area contributed by atoms with E-state index < -0.39 is 12.3 Å². The molecule has 0 amide bonds. The molecule has 1 saturated heterocycles. The van der Waals surface area contributed by atoms with Crippen LogP contribution in [0.4, 0.5) is 0 Å². The fraction of sp³-hybridized carbons (Fsp3) is 0.375. The second-order valence-corrected chi connectivity index (χ2v) is 3.50. The van der Waals surface area contributed by atoms with Crippen molar-refractivity contribution in [1.82, 2.24) is 0 Å². The summed E-state index contributed by atoms with van der Waals surface area (Å²) in [5, 5.41) is 10.5. The van der Waals surface area contributed by atoms with Crippen molar-refractivity contribution in [2.75, 3.05) is 13.2 Å². The van der Waals surface area contributed by atoms with Gasteiger partial charge >= 0.3 is 5.97 Å². The molecule has 0 unspecified atom stereocenters. The van der Waals surface area contributed by atoms with E-state index in [1.807, 2.05) is 0 Å². The average molecular weight is 200 g/mol. The van der Waals surface area contributed by atoms with E-state index >= 15 is 0 Å². The maximum atomic E-state index is 10.7. The summed E-state index contributed by atoms with van der Waals surface area (Å²) in [4.78, 5) is 11.0. The van der Waals surface area contributed by atoms with Gasteiger partial charge in [0.1, 0.15) is 4.88 Å². The maximum Gasteiger partial charge on any atom is 0.346 e. The van der Waals surface area contributed by atoms with Crippen LogP contribution < -0.4 is 0 Å². The molecule has 70 valence electrons. The Labute approximate surface area is 78.7 Å². The Morgan fingerprint density at radius 1 is 1.54 bits per heavy atom. The Balaban J connectivity index is 2.28. The van der Waals surface area contributed by atoms with Gasteiger partial charge in [-0.3, -0.25) is 0 Å². The zero-order valence-corrected chi connectivity index (χ0v) is 7.54. The lowest BCUT2D eigenvalue weighted by Crippen LogP contribution is -2.03. The lowest BCUT2D eigenvalue weighted by molar-refractivity contribution is -0.0444. The van der Waals surface area contributed by atoms with Crippen LogP contribution >= 0.6 is 11.3 Å². The molecule has 2 heterocycles. The summed E-state index contributed by atoms with van der Waals surface area (Å²) >= 11 is 1.18. The molecular formula is C8H8O4S. The third-order valence-electron chi connectivity index (χ3n) is 1.77. The third-order valence-corrected chi connectivity index (χ3v) is 2.68. The highest BCUT2D eigenvalue weighted by atomic mass is 32.1. The van der Waals surface area contributed by atoms with Gasteiger partial charge in [-0.15, -0.1) is 11.3 Å². The zero-order chi connectivity index (χ0) is 9.26. The molecule has 1 aromatic heterocycles. The van der Waals surface area contributed by atoms with Crippen molar-refractivity contribution in [2.24, 2.45) is 0 Å². The van der Waals surface area contributed by atoms with Gasteiger partial charge in [-0.05, 0) is 11.4 Å². The molecule has 1 aliphatic rings. The van der Waals surface area contributed by atoms with Crippen molar-refractivity contribution in [3.8, 4) is 0 Å². The molecular weight excluding hydrogens is 192 g/mol. The number of carboxylic acid groups (broad SMARTS) is 1. The van der Waals surface area contributed by atoms with E-state index in [-0.39, 0.29) is 0 Å². The van der Waals surface area contributed by atoms with Gasteiger partial charge in [0, 0.05) is 5.56 Å². The van der Waals surface area contributed by atoms with Crippen LogP contribution in [0.1, 0.15) is 21.5 Å². The maximum absolute atomic E-state index is 10.7. The largest absolute Gasteiger partial charge is 0.477 e. The van der Waals surface area contributed by atoms with Crippen LogP contribution in [0.3, 0.4) is 0 Å². The van der Waals surface area contributed by atoms with Crippen molar-refractivity contribution in [3.63, 3.8) is 0 Å². The molecule has 1 fully saturated rings. The quantitative estimate of drug-likeness (QED) is 0.785. The number of ether oxygens (including phenoxy) is 2. The second kappa shape index (κ2) is 3.45. The first-order valence-electron chi connectivity index (χ1n) is 3.83. The van der Waals surface area contributed by atoms with Crippen molar-refractivity contribution in [1.29, 1.82) is 0 Å². The molecule has 0 aromatic carbocycles. The summed E-state index contributed by atoms with van der Waals surface area (Å²) < 4.78 is 10.4. The lowest BCUT2D eigenvalue weighted by Gasteiger charge is -2.07. The van der Waals surface area contributed by atoms with Gasteiger partial charge in [0.2, 0.25) is 0 Å². The lowest BCUT2D eigenvalue weighted by atomic mass is 10.2. The van der Waals surface area contributed by atoms with Crippen LogP contribution in [0.5, 0.6) is 0 Å². The van der Waals surface area contributed by atoms with Crippen LogP contribution in [-0.2, 0) is 9.47 Å². The SMILES string of the molecule is O=C(O)c1sccc1C1OCCO1. The Kier molecular flexibility index (Phi) is 2.30. The minimum Gasteiger partial charge on any atom is -0.477 e. The number of rotatable bonds is 2. The molecule has 0 bridgehead atoms. The summed E-state index contributed by atoms with van der Waals surface area (Å²) in [7, 11) is 0. The normalized spacial score (nSPS) is 17.8. The van der Waals surface area contributed by atoms with Gasteiger partial charge in [0.25, 0.3) is 0 Å². The van der Waals surface area contributed by atoms with E-state index in [2.05, 4.69) is 0 Å². The van der Waals surface area contributed by atoms with E-state index in [0.717, 1.165) is 0 Å². The zero-order valence-electron chi connectivity index (χ0n) is 6.73. The van der Waals surface area contributed by atoms with Crippen LogP contribution in [-0.4, -0.2) is 24.3 Å². The molecule has 0 spiro atoms. The first-order valence-corrected chi connectivity index (χ1v) is 4.71. The Morgan fingerprint density at radius 2 is 2.23 bits per heavy atom. The summed E-state index contributed by atoms with van der Waals surface area (Å²) in [5.41, 5.74) is 0.620. The second-order valence-electron chi connectivity index (χ2n) is 2.58. The number of thiophene rings is 1. The smallest absolute Gasteiger partial charge is 0.346 e. The molecule has 4 nitrogen and oxygen atoms in total. The van der Waals surface area contributed by atoms with E-state index in [9.17, 15) is 4.79 Å². The van der Waals surface area contributed by atoms with Gasteiger partial charge in [0.05, 0.1) is 13.2 Å². The van der Waals surface area contributed by atoms with Crippen molar-refractivity contribution < 1.29 is 19.4 Å². The molecule has 0 saturated carbocycles. The monoisotopic (exact) mass is 200 g/mol. The predicted molar refractivity (Wildman–Crippen MR) is 45.9 cm³/mol. The van der Waals surface area contributed by atoms with Crippen molar-refractivity contribution >= 4 is 17.3 Å². The average Bonchev–Trinajstić information content (AvgIpc) is 2.74. The van der Waals surface area contributed by atoms with Crippen LogP contribution in [0, 0.1) is 0 Å². The Bertz CT molecular complexity index is 314. The van der Waals surface area contributed by atoms with E-state index in [4.69, 9.17) is 14.6 Å². The molecule has 0 atom stereocenters. The summed E-state index contributed by atoms with van der Waals surface area (Å²) in [6, 6.07) is 1.73. The highest BCUT2D eigenvalue weighted by Gasteiger charge is 2.24. The van der Waals surface area contributed by atoms with E-state index in [1.165, 1.54) is 11.3 Å². The summed E-state index contributed by atoms with van der Waals surface area (Å²) in [5.74, 6) is -0.927. The van der Waals surface area contributed by atoms with Crippen LogP contribution in [0.25, 0.3) is 0 Å². The first-order chi connectivity index (χ1) is 6.29. The van der Waals surface area contributed by atoms with Gasteiger partial charge in [0.15, 0.2) is 6.29 Å². The Morgan fingerprint density at radius 3 is 2.85 bits per heavy atom. The van der Waals surface area contributed by atoms with Gasteiger partial charge in [-0.1, -0.05) is 0 Å². The van der Waals surface area contributed by atoms with Crippen molar-refractivity contribution in [2.45, 2.75) is 6.29 Å². The molecule has 0 radical (unpaired) electrons. The molecule has 0 aliphatic carbocycles. The number of carbonyl (C=O) groups is 1. The van der Waals surface area contributed by atoms with Crippen LogP contribution in [0.2, 0.25) is 0 Å². The van der Waals surface area contributed by atoms with Crippen molar-refractivity contribution in [3.05, 3.63) is 21.9 Å². The molecule has 1 aliphatic heterocycles. The highest BCUT2D eigenvalue weighted by Crippen LogP contribution is 2.29. The van der Waals surface area contributed by atoms with E-state index in [0.29, 0.717) is 23.7 Å². The molecule has 1 aromatic rings.